The average molecular weight is 306 g/mol. The first-order chi connectivity index (χ1) is 10.1. The van der Waals surface area contributed by atoms with Crippen LogP contribution in [-0.2, 0) is 6.54 Å². The third-order valence-electron chi connectivity index (χ3n) is 3.04. The fraction of sp³-hybridized carbons (Fsp3) is 0.438. The van der Waals surface area contributed by atoms with E-state index in [1.165, 1.54) is 0 Å². The Bertz CT molecular complexity index is 581. The summed E-state index contributed by atoms with van der Waals surface area (Å²) < 4.78 is 10.6. The molecule has 0 radical (unpaired) electrons. The fourth-order valence-electron chi connectivity index (χ4n) is 1.98. The molecule has 0 aliphatic rings. The molecule has 114 valence electrons. The van der Waals surface area contributed by atoms with Crippen molar-refractivity contribution >= 4 is 11.3 Å². The van der Waals surface area contributed by atoms with Crippen LogP contribution < -0.4 is 14.8 Å². The predicted molar refractivity (Wildman–Crippen MR) is 87.2 cm³/mol. The van der Waals surface area contributed by atoms with Crippen molar-refractivity contribution in [3.63, 3.8) is 0 Å². The van der Waals surface area contributed by atoms with Gasteiger partial charge in [-0.15, -0.1) is 11.3 Å². The van der Waals surface area contributed by atoms with Crippen LogP contribution in [0.1, 0.15) is 19.5 Å². The van der Waals surface area contributed by atoms with E-state index in [0.29, 0.717) is 5.92 Å². The number of nitrogens with one attached hydrogen (secondary N) is 1. The van der Waals surface area contributed by atoms with Crippen molar-refractivity contribution in [2.75, 3.05) is 20.8 Å². The average Bonchev–Trinajstić information content (AvgIpc) is 2.95. The molecule has 0 saturated heterocycles. The Morgan fingerprint density at radius 1 is 1.19 bits per heavy atom. The molecule has 0 atom stereocenters. The second-order valence-corrected chi connectivity index (χ2v) is 6.10. The zero-order valence-electron chi connectivity index (χ0n) is 13.0. The lowest BCUT2D eigenvalue weighted by molar-refractivity contribution is 0.355. The van der Waals surface area contributed by atoms with Crippen LogP contribution in [0.5, 0.6) is 11.5 Å². The summed E-state index contributed by atoms with van der Waals surface area (Å²) in [6.07, 6.45) is 0. The third-order valence-corrected chi connectivity index (χ3v) is 3.98. The number of hydrogen-bond acceptors (Lipinski definition) is 5. The van der Waals surface area contributed by atoms with Crippen LogP contribution in [0.15, 0.2) is 23.6 Å². The van der Waals surface area contributed by atoms with Crippen LogP contribution in [0.4, 0.5) is 0 Å². The Balaban J connectivity index is 2.10. The Kier molecular flexibility index (Phi) is 5.59. The van der Waals surface area contributed by atoms with Gasteiger partial charge in [-0.3, -0.25) is 0 Å². The molecular formula is C16H22N2O2S. The van der Waals surface area contributed by atoms with Crippen molar-refractivity contribution in [2.45, 2.75) is 20.4 Å². The zero-order valence-corrected chi connectivity index (χ0v) is 13.8. The maximum atomic E-state index is 5.34. The number of nitrogens with zero attached hydrogens (tertiary/aromatic N) is 1. The number of aromatic nitrogens is 1. The van der Waals surface area contributed by atoms with Crippen LogP contribution in [0.2, 0.25) is 0 Å². The van der Waals surface area contributed by atoms with Gasteiger partial charge in [0.2, 0.25) is 0 Å². The van der Waals surface area contributed by atoms with Crippen molar-refractivity contribution in [1.29, 1.82) is 0 Å². The molecule has 2 rings (SSSR count). The van der Waals surface area contributed by atoms with Gasteiger partial charge in [0.15, 0.2) is 11.5 Å². The number of hydrogen-bond donors (Lipinski definition) is 1. The van der Waals surface area contributed by atoms with E-state index in [4.69, 9.17) is 9.47 Å². The smallest absolute Gasteiger partial charge is 0.161 e. The number of methoxy groups -OCH3 is 2. The van der Waals surface area contributed by atoms with Crippen molar-refractivity contribution in [2.24, 2.45) is 5.92 Å². The minimum absolute atomic E-state index is 0.647. The molecule has 21 heavy (non-hydrogen) atoms. The lowest BCUT2D eigenvalue weighted by Gasteiger charge is -2.08. The molecular weight excluding hydrogens is 284 g/mol. The molecule has 1 aromatic heterocycles. The van der Waals surface area contributed by atoms with Crippen molar-refractivity contribution in [1.82, 2.24) is 10.3 Å². The Morgan fingerprint density at radius 2 is 1.95 bits per heavy atom. The first-order valence-corrected chi connectivity index (χ1v) is 7.89. The van der Waals surface area contributed by atoms with Gasteiger partial charge in [0, 0.05) is 17.5 Å². The monoisotopic (exact) mass is 306 g/mol. The fourth-order valence-corrected chi connectivity index (χ4v) is 2.80. The number of thiazole rings is 1. The van der Waals surface area contributed by atoms with Crippen LogP contribution in [-0.4, -0.2) is 25.7 Å². The van der Waals surface area contributed by atoms with Gasteiger partial charge < -0.3 is 14.8 Å². The van der Waals surface area contributed by atoms with Gasteiger partial charge in [-0.1, -0.05) is 13.8 Å². The molecule has 0 bridgehead atoms. The second-order valence-electron chi connectivity index (χ2n) is 5.24. The van der Waals surface area contributed by atoms with E-state index in [0.717, 1.165) is 40.9 Å². The van der Waals surface area contributed by atoms with E-state index in [1.807, 2.05) is 18.2 Å². The zero-order chi connectivity index (χ0) is 15.2. The summed E-state index contributed by atoms with van der Waals surface area (Å²) in [7, 11) is 3.28. The van der Waals surface area contributed by atoms with E-state index in [-0.39, 0.29) is 0 Å². The van der Waals surface area contributed by atoms with Crippen LogP contribution in [0.25, 0.3) is 10.6 Å². The normalized spacial score (nSPS) is 10.9. The minimum Gasteiger partial charge on any atom is -0.493 e. The first kappa shape index (κ1) is 15.8. The molecule has 2 aromatic rings. The van der Waals surface area contributed by atoms with Gasteiger partial charge in [-0.05, 0) is 30.7 Å². The maximum Gasteiger partial charge on any atom is 0.161 e. The molecule has 1 N–H and O–H groups in total. The lowest BCUT2D eigenvalue weighted by Crippen LogP contribution is -2.19. The van der Waals surface area contributed by atoms with Crippen molar-refractivity contribution in [3.8, 4) is 22.1 Å². The highest BCUT2D eigenvalue weighted by Crippen LogP contribution is 2.33. The molecule has 1 aromatic carbocycles. The highest BCUT2D eigenvalue weighted by atomic mass is 32.1. The maximum absolute atomic E-state index is 5.34. The molecule has 0 aliphatic heterocycles. The Hall–Kier alpha value is -1.59. The number of benzene rings is 1. The summed E-state index contributed by atoms with van der Waals surface area (Å²) >= 11 is 1.65. The highest BCUT2D eigenvalue weighted by molar-refractivity contribution is 7.13. The minimum atomic E-state index is 0.647. The second kappa shape index (κ2) is 7.43. The summed E-state index contributed by atoms with van der Waals surface area (Å²) in [5.41, 5.74) is 2.12. The summed E-state index contributed by atoms with van der Waals surface area (Å²) in [6.45, 7) is 6.21. The molecule has 0 fully saturated rings. The first-order valence-electron chi connectivity index (χ1n) is 7.01. The Morgan fingerprint density at radius 3 is 2.62 bits per heavy atom. The molecule has 1 heterocycles. The van der Waals surface area contributed by atoms with E-state index >= 15 is 0 Å². The molecule has 0 amide bonds. The van der Waals surface area contributed by atoms with Gasteiger partial charge in [0.1, 0.15) is 5.01 Å². The largest absolute Gasteiger partial charge is 0.493 e. The number of ether oxygens (including phenoxy) is 2. The summed E-state index contributed by atoms with van der Waals surface area (Å²) in [4.78, 5) is 4.67. The topological polar surface area (TPSA) is 43.4 Å². The molecule has 0 spiro atoms. The van der Waals surface area contributed by atoms with Gasteiger partial charge >= 0.3 is 0 Å². The lowest BCUT2D eigenvalue weighted by atomic mass is 10.2. The number of rotatable bonds is 7. The van der Waals surface area contributed by atoms with Crippen LogP contribution >= 0.6 is 11.3 Å². The standard InChI is InChI=1S/C16H22N2O2S/c1-11(2)8-17-9-13-10-21-16(18-13)12-5-6-14(19-3)15(7-12)20-4/h5-7,10-11,17H,8-9H2,1-4H3. The van der Waals surface area contributed by atoms with Crippen LogP contribution in [0, 0.1) is 5.92 Å². The Labute approximate surface area is 130 Å². The highest BCUT2D eigenvalue weighted by Gasteiger charge is 2.09. The third kappa shape index (κ3) is 4.19. The van der Waals surface area contributed by atoms with E-state index in [9.17, 15) is 0 Å². The van der Waals surface area contributed by atoms with Crippen molar-refractivity contribution in [3.05, 3.63) is 29.3 Å². The quantitative estimate of drug-likeness (QED) is 0.849. The van der Waals surface area contributed by atoms with Gasteiger partial charge in [0.05, 0.1) is 19.9 Å². The van der Waals surface area contributed by atoms with Crippen LogP contribution in [0.3, 0.4) is 0 Å². The van der Waals surface area contributed by atoms with E-state index in [2.05, 4.69) is 29.5 Å². The molecule has 5 heteroatoms. The van der Waals surface area contributed by atoms with Gasteiger partial charge in [0.25, 0.3) is 0 Å². The SMILES string of the molecule is COc1ccc(-c2nc(CNCC(C)C)cs2)cc1OC. The van der Waals surface area contributed by atoms with E-state index in [1.54, 1.807) is 25.6 Å². The predicted octanol–water partition coefficient (Wildman–Crippen LogP) is 3.57. The molecule has 0 saturated carbocycles. The summed E-state index contributed by atoms with van der Waals surface area (Å²) in [5.74, 6) is 2.11. The molecule has 0 unspecified atom stereocenters. The van der Waals surface area contributed by atoms with E-state index < -0.39 is 0 Å². The summed E-state index contributed by atoms with van der Waals surface area (Å²) in [6, 6.07) is 5.88. The molecule has 0 aliphatic carbocycles. The van der Waals surface area contributed by atoms with Gasteiger partial charge in [-0.25, -0.2) is 4.98 Å². The summed E-state index contributed by atoms with van der Waals surface area (Å²) in [5, 5.41) is 6.50. The van der Waals surface area contributed by atoms with Crippen molar-refractivity contribution < 1.29 is 9.47 Å². The van der Waals surface area contributed by atoms with Gasteiger partial charge in [-0.2, -0.15) is 0 Å². The molecule has 4 nitrogen and oxygen atoms in total.